The zero-order valence-electron chi connectivity index (χ0n) is 11.2. The van der Waals surface area contributed by atoms with Gasteiger partial charge in [-0.05, 0) is 40.2 Å². The first-order valence-electron chi connectivity index (χ1n) is 5.95. The third kappa shape index (κ3) is 3.13. The Morgan fingerprint density at radius 2 is 1.60 bits per heavy atom. The summed E-state index contributed by atoms with van der Waals surface area (Å²) in [6.07, 6.45) is 0. The van der Waals surface area contributed by atoms with Crippen LogP contribution in [0.2, 0.25) is 0 Å². The van der Waals surface area contributed by atoms with Gasteiger partial charge in [0.05, 0.1) is 11.4 Å². The molecule has 106 valence electrons. The fraction of sp³-hybridized carbons (Fsp3) is 0.143. The molecule has 0 radical (unpaired) electrons. The van der Waals surface area contributed by atoms with Crippen molar-refractivity contribution < 1.29 is 8.42 Å². The second-order valence-electron chi connectivity index (χ2n) is 4.45. The molecule has 0 fully saturated rings. The molecule has 0 bridgehead atoms. The van der Waals surface area contributed by atoms with Gasteiger partial charge in [0.2, 0.25) is 0 Å². The van der Waals surface area contributed by atoms with Crippen LogP contribution in [-0.2, 0) is 10.0 Å². The van der Waals surface area contributed by atoms with Crippen LogP contribution in [0, 0.1) is 0 Å². The number of benzene rings is 2. The maximum atomic E-state index is 12.4. The number of sulfonamides is 1. The fourth-order valence-electron chi connectivity index (χ4n) is 1.81. The van der Waals surface area contributed by atoms with E-state index in [0.717, 1.165) is 5.69 Å². The lowest BCUT2D eigenvalue weighted by atomic mass is 10.2. The standard InChI is InChI=1S/C14H15BrN2O2S/c1-17(2)13-9-5-4-8-12(13)16-20(18,19)14-10-6-3-7-11(14)15/h3-10,16H,1-2H3. The van der Waals surface area contributed by atoms with Gasteiger partial charge in [0, 0.05) is 18.6 Å². The molecule has 2 aromatic carbocycles. The van der Waals surface area contributed by atoms with Gasteiger partial charge < -0.3 is 4.90 Å². The first-order valence-corrected chi connectivity index (χ1v) is 8.23. The monoisotopic (exact) mass is 354 g/mol. The zero-order chi connectivity index (χ0) is 14.8. The summed E-state index contributed by atoms with van der Waals surface area (Å²) in [5, 5.41) is 0. The summed E-state index contributed by atoms with van der Waals surface area (Å²) in [6, 6.07) is 14.0. The van der Waals surface area contributed by atoms with E-state index in [2.05, 4.69) is 20.7 Å². The molecular formula is C14H15BrN2O2S. The average molecular weight is 355 g/mol. The third-order valence-electron chi connectivity index (χ3n) is 2.76. The van der Waals surface area contributed by atoms with E-state index in [9.17, 15) is 8.42 Å². The summed E-state index contributed by atoms with van der Waals surface area (Å²) in [7, 11) is 0.110. The summed E-state index contributed by atoms with van der Waals surface area (Å²) in [6.45, 7) is 0. The number of anilines is 2. The van der Waals surface area contributed by atoms with Gasteiger partial charge in [-0.25, -0.2) is 8.42 Å². The summed E-state index contributed by atoms with van der Waals surface area (Å²) < 4.78 is 28.0. The lowest BCUT2D eigenvalue weighted by Crippen LogP contribution is -2.17. The van der Waals surface area contributed by atoms with Crippen molar-refractivity contribution >= 4 is 37.3 Å². The predicted molar refractivity (Wildman–Crippen MR) is 85.7 cm³/mol. The van der Waals surface area contributed by atoms with E-state index in [0.29, 0.717) is 10.2 Å². The maximum absolute atomic E-state index is 12.4. The molecule has 6 heteroatoms. The summed E-state index contributed by atoms with van der Waals surface area (Å²) >= 11 is 3.26. The van der Waals surface area contributed by atoms with Crippen LogP contribution < -0.4 is 9.62 Å². The average Bonchev–Trinajstić information content (AvgIpc) is 2.39. The van der Waals surface area contributed by atoms with Gasteiger partial charge in [-0.3, -0.25) is 4.72 Å². The van der Waals surface area contributed by atoms with Crippen LogP contribution >= 0.6 is 15.9 Å². The Balaban J connectivity index is 2.42. The summed E-state index contributed by atoms with van der Waals surface area (Å²) in [5.41, 5.74) is 1.36. The topological polar surface area (TPSA) is 49.4 Å². The normalized spacial score (nSPS) is 11.2. The summed E-state index contributed by atoms with van der Waals surface area (Å²) in [5.74, 6) is 0. The number of para-hydroxylation sites is 2. The fourth-order valence-corrected chi connectivity index (χ4v) is 3.89. The van der Waals surface area contributed by atoms with Gasteiger partial charge in [-0.2, -0.15) is 0 Å². The maximum Gasteiger partial charge on any atom is 0.263 e. The Kier molecular flexibility index (Phi) is 4.35. The highest BCUT2D eigenvalue weighted by Gasteiger charge is 2.18. The van der Waals surface area contributed by atoms with Gasteiger partial charge in [0.1, 0.15) is 4.90 Å². The van der Waals surface area contributed by atoms with Crippen molar-refractivity contribution in [2.45, 2.75) is 4.90 Å². The van der Waals surface area contributed by atoms with Crippen LogP contribution in [0.25, 0.3) is 0 Å². The number of nitrogens with zero attached hydrogens (tertiary/aromatic N) is 1. The van der Waals surface area contributed by atoms with Crippen LogP contribution in [0.5, 0.6) is 0 Å². The molecule has 0 heterocycles. The molecule has 0 saturated carbocycles. The second kappa shape index (κ2) is 5.85. The van der Waals surface area contributed by atoms with E-state index in [1.807, 2.05) is 31.1 Å². The molecule has 20 heavy (non-hydrogen) atoms. The Morgan fingerprint density at radius 3 is 2.25 bits per heavy atom. The molecule has 0 unspecified atom stereocenters. The molecule has 0 saturated heterocycles. The van der Waals surface area contributed by atoms with Crippen molar-refractivity contribution in [2.24, 2.45) is 0 Å². The van der Waals surface area contributed by atoms with Crippen LogP contribution in [-0.4, -0.2) is 22.5 Å². The van der Waals surface area contributed by atoms with Crippen molar-refractivity contribution in [3.63, 3.8) is 0 Å². The minimum atomic E-state index is -3.62. The molecule has 1 N–H and O–H groups in total. The van der Waals surface area contributed by atoms with Gasteiger partial charge in [0.25, 0.3) is 10.0 Å². The Labute approximate surface area is 127 Å². The molecule has 0 spiro atoms. The van der Waals surface area contributed by atoms with E-state index in [1.54, 1.807) is 36.4 Å². The molecular weight excluding hydrogens is 340 g/mol. The van der Waals surface area contributed by atoms with Crippen molar-refractivity contribution in [3.8, 4) is 0 Å². The Morgan fingerprint density at radius 1 is 1.00 bits per heavy atom. The van der Waals surface area contributed by atoms with Crippen molar-refractivity contribution in [1.29, 1.82) is 0 Å². The first kappa shape index (κ1) is 14.9. The minimum Gasteiger partial charge on any atom is -0.376 e. The van der Waals surface area contributed by atoms with Gasteiger partial charge in [0.15, 0.2) is 0 Å². The van der Waals surface area contributed by atoms with Crippen LogP contribution in [0.1, 0.15) is 0 Å². The van der Waals surface area contributed by atoms with Gasteiger partial charge >= 0.3 is 0 Å². The SMILES string of the molecule is CN(C)c1ccccc1NS(=O)(=O)c1ccccc1Br. The van der Waals surface area contributed by atoms with Crippen LogP contribution in [0.15, 0.2) is 57.9 Å². The van der Waals surface area contributed by atoms with Gasteiger partial charge in [-0.1, -0.05) is 24.3 Å². The van der Waals surface area contributed by atoms with E-state index in [4.69, 9.17) is 0 Å². The Bertz CT molecular complexity index is 715. The highest BCUT2D eigenvalue weighted by Crippen LogP contribution is 2.28. The number of halogens is 1. The second-order valence-corrected chi connectivity index (χ2v) is 6.95. The van der Waals surface area contributed by atoms with Crippen LogP contribution in [0.3, 0.4) is 0 Å². The third-order valence-corrected chi connectivity index (χ3v) is 5.13. The molecule has 4 nitrogen and oxygen atoms in total. The van der Waals surface area contributed by atoms with E-state index >= 15 is 0 Å². The molecule has 0 aliphatic rings. The number of rotatable bonds is 4. The first-order chi connectivity index (χ1) is 9.42. The minimum absolute atomic E-state index is 0.216. The highest BCUT2D eigenvalue weighted by molar-refractivity contribution is 9.10. The quantitative estimate of drug-likeness (QED) is 0.916. The largest absolute Gasteiger partial charge is 0.376 e. The summed E-state index contributed by atoms with van der Waals surface area (Å²) in [4.78, 5) is 2.08. The smallest absolute Gasteiger partial charge is 0.263 e. The number of nitrogens with one attached hydrogen (secondary N) is 1. The molecule has 2 aromatic rings. The van der Waals surface area contributed by atoms with Crippen molar-refractivity contribution in [1.82, 2.24) is 0 Å². The number of hydrogen-bond acceptors (Lipinski definition) is 3. The Hall–Kier alpha value is -1.53. The van der Waals surface area contributed by atoms with E-state index in [-0.39, 0.29) is 4.90 Å². The lowest BCUT2D eigenvalue weighted by Gasteiger charge is -2.18. The van der Waals surface area contributed by atoms with Crippen molar-refractivity contribution in [3.05, 3.63) is 53.0 Å². The molecule has 0 aromatic heterocycles. The molecule has 0 aliphatic carbocycles. The van der Waals surface area contributed by atoms with Crippen molar-refractivity contribution in [2.75, 3.05) is 23.7 Å². The van der Waals surface area contributed by atoms with E-state index < -0.39 is 10.0 Å². The zero-order valence-corrected chi connectivity index (χ0v) is 13.6. The molecule has 2 rings (SSSR count). The molecule has 0 aliphatic heterocycles. The molecule has 0 amide bonds. The predicted octanol–water partition coefficient (Wildman–Crippen LogP) is 3.32. The lowest BCUT2D eigenvalue weighted by molar-refractivity contribution is 0.601. The number of hydrogen-bond donors (Lipinski definition) is 1. The molecule has 0 atom stereocenters. The van der Waals surface area contributed by atoms with Gasteiger partial charge in [-0.15, -0.1) is 0 Å². The highest BCUT2D eigenvalue weighted by atomic mass is 79.9. The van der Waals surface area contributed by atoms with E-state index in [1.165, 1.54) is 0 Å². The van der Waals surface area contributed by atoms with Crippen LogP contribution in [0.4, 0.5) is 11.4 Å².